The van der Waals surface area contributed by atoms with Gasteiger partial charge in [0.15, 0.2) is 5.76 Å². The van der Waals surface area contributed by atoms with E-state index in [4.69, 9.17) is 26.3 Å². The van der Waals surface area contributed by atoms with E-state index in [1.54, 1.807) is 7.11 Å². The Bertz CT molecular complexity index is 1510. The summed E-state index contributed by atoms with van der Waals surface area (Å²) >= 11 is 6.34. The molecule has 1 N–H and O–H groups in total. The Morgan fingerprint density at radius 2 is 1.71 bits per heavy atom. The molecule has 2 heterocycles. The van der Waals surface area contributed by atoms with Crippen molar-refractivity contribution >= 4 is 22.6 Å². The molecular weight excluding hydrogens is 460 g/mol. The van der Waals surface area contributed by atoms with Gasteiger partial charge in [-0.1, -0.05) is 76.9 Å². The van der Waals surface area contributed by atoms with Crippen LogP contribution in [0.5, 0.6) is 0 Å². The van der Waals surface area contributed by atoms with E-state index in [1.807, 2.05) is 53.1 Å². The molecule has 0 spiro atoms. The molecule has 0 bridgehead atoms. The normalized spacial score (nSPS) is 12.3. The van der Waals surface area contributed by atoms with E-state index in [9.17, 15) is 0 Å². The van der Waals surface area contributed by atoms with Gasteiger partial charge in [0.25, 0.3) is 0 Å². The Morgan fingerprint density at radius 3 is 2.46 bits per heavy atom. The second kappa shape index (κ2) is 9.94. The van der Waals surface area contributed by atoms with E-state index in [-0.39, 0.29) is 6.04 Å². The molecule has 2 aromatic heterocycles. The molecule has 5 rings (SSSR count). The lowest BCUT2D eigenvalue weighted by Crippen LogP contribution is -2.31. The molecule has 178 valence electrons. The van der Waals surface area contributed by atoms with E-state index in [0.717, 1.165) is 23.0 Å². The Kier molecular flexibility index (Phi) is 6.57. The van der Waals surface area contributed by atoms with Crippen LogP contribution < -0.4 is 5.62 Å². The summed E-state index contributed by atoms with van der Waals surface area (Å²) < 4.78 is 15.3. The van der Waals surface area contributed by atoms with Gasteiger partial charge in [-0.25, -0.2) is 0 Å². The van der Waals surface area contributed by atoms with Crippen LogP contribution in [0.15, 0.2) is 83.4 Å². The first-order chi connectivity index (χ1) is 17.0. The fraction of sp³-hybridized carbons (Fsp3) is 0.214. The average molecular weight is 487 g/mol. The number of benzene rings is 3. The molecule has 0 fully saturated rings. The molecule has 5 aromatic rings. The lowest BCUT2D eigenvalue weighted by Gasteiger charge is -2.19. The van der Waals surface area contributed by atoms with Gasteiger partial charge >= 0.3 is 0 Å². The number of hydrogen-bond acceptors (Lipinski definition) is 4. The molecular formula is C28H27ClN4O2. The van der Waals surface area contributed by atoms with Crippen LogP contribution in [-0.4, -0.2) is 28.0 Å². The second-order valence-corrected chi connectivity index (χ2v) is 9.13. The van der Waals surface area contributed by atoms with Gasteiger partial charge in [0.1, 0.15) is 5.69 Å². The molecule has 35 heavy (non-hydrogen) atoms. The minimum atomic E-state index is -0.0326. The van der Waals surface area contributed by atoms with Crippen molar-refractivity contribution in [2.75, 3.05) is 13.7 Å². The third kappa shape index (κ3) is 4.67. The van der Waals surface area contributed by atoms with E-state index in [2.05, 4.69) is 47.0 Å². The smallest absolute Gasteiger partial charge is 0.203 e. The number of aryl methyl sites for hydroxylation is 1. The number of rotatable bonds is 8. The standard InChI is InChI=1S/C28H27ClN4O2/c1-19-11-13-20(14-12-19)15-21(18-34-2)33-27-10-6-5-9-26(27)32(28(33)30)17-22-16-25(31-35-22)23-7-3-4-8-24(23)29/h3-14,16,21,30H,15,17-18H2,1-2H3. The third-order valence-corrected chi connectivity index (χ3v) is 6.58. The maximum atomic E-state index is 9.13. The van der Waals surface area contributed by atoms with Gasteiger partial charge < -0.3 is 18.4 Å². The summed E-state index contributed by atoms with van der Waals surface area (Å²) in [6, 6.07) is 26.0. The zero-order chi connectivity index (χ0) is 24.4. The van der Waals surface area contributed by atoms with Crippen molar-refractivity contribution in [2.45, 2.75) is 25.9 Å². The maximum absolute atomic E-state index is 9.13. The number of fused-ring (bicyclic) bond motifs is 1. The van der Waals surface area contributed by atoms with Crippen LogP contribution in [0.2, 0.25) is 5.02 Å². The predicted octanol–water partition coefficient (Wildman–Crippen LogP) is 6.02. The van der Waals surface area contributed by atoms with Crippen molar-refractivity contribution in [3.63, 3.8) is 0 Å². The number of para-hydroxylation sites is 2. The maximum Gasteiger partial charge on any atom is 0.203 e. The van der Waals surface area contributed by atoms with Gasteiger partial charge in [-0.15, -0.1) is 0 Å². The summed E-state index contributed by atoms with van der Waals surface area (Å²) in [5, 5.41) is 14.0. The van der Waals surface area contributed by atoms with E-state index >= 15 is 0 Å². The van der Waals surface area contributed by atoms with Crippen molar-refractivity contribution in [1.29, 1.82) is 5.41 Å². The number of imidazole rings is 1. The van der Waals surface area contributed by atoms with Crippen LogP contribution in [0.3, 0.4) is 0 Å². The predicted molar refractivity (Wildman–Crippen MR) is 138 cm³/mol. The largest absolute Gasteiger partial charge is 0.383 e. The van der Waals surface area contributed by atoms with Crippen LogP contribution in [0.25, 0.3) is 22.3 Å². The summed E-state index contributed by atoms with van der Waals surface area (Å²) in [5.41, 5.74) is 6.26. The fourth-order valence-corrected chi connectivity index (χ4v) is 4.77. The Hall–Kier alpha value is -3.61. The Morgan fingerprint density at radius 1 is 1.00 bits per heavy atom. The monoisotopic (exact) mass is 486 g/mol. The molecule has 0 aliphatic carbocycles. The SMILES string of the molecule is COCC(Cc1ccc(C)cc1)n1c(=N)n(Cc2cc(-c3ccccc3Cl)no2)c2ccccc21. The van der Waals surface area contributed by atoms with Crippen molar-refractivity contribution in [3.05, 3.63) is 106 Å². The summed E-state index contributed by atoms with van der Waals surface area (Å²) in [7, 11) is 1.70. The molecule has 0 saturated heterocycles. The number of ether oxygens (including phenoxy) is 1. The third-order valence-electron chi connectivity index (χ3n) is 6.25. The quantitative estimate of drug-likeness (QED) is 0.291. The summed E-state index contributed by atoms with van der Waals surface area (Å²) in [6.07, 6.45) is 0.762. The first-order valence-corrected chi connectivity index (χ1v) is 11.9. The molecule has 3 aromatic carbocycles. The number of methoxy groups -OCH3 is 1. The van der Waals surface area contributed by atoms with Gasteiger partial charge in [-0.2, -0.15) is 0 Å². The Balaban J connectivity index is 1.53. The Labute approximate surface area is 208 Å². The summed E-state index contributed by atoms with van der Waals surface area (Å²) in [4.78, 5) is 0. The zero-order valence-corrected chi connectivity index (χ0v) is 20.5. The highest BCUT2D eigenvalue weighted by atomic mass is 35.5. The van der Waals surface area contributed by atoms with Crippen LogP contribution in [-0.2, 0) is 17.7 Å². The summed E-state index contributed by atoms with van der Waals surface area (Å²) in [6.45, 7) is 2.97. The second-order valence-electron chi connectivity index (χ2n) is 8.73. The lowest BCUT2D eigenvalue weighted by molar-refractivity contribution is 0.154. The van der Waals surface area contributed by atoms with Crippen LogP contribution in [0.4, 0.5) is 0 Å². The molecule has 0 aliphatic rings. The molecule has 1 atom stereocenters. The number of nitrogens with one attached hydrogen (secondary N) is 1. The van der Waals surface area contributed by atoms with Crippen molar-refractivity contribution in [1.82, 2.24) is 14.3 Å². The van der Waals surface area contributed by atoms with Crippen molar-refractivity contribution in [2.24, 2.45) is 0 Å². The summed E-state index contributed by atoms with van der Waals surface area (Å²) in [5.74, 6) is 0.656. The molecule has 1 unspecified atom stereocenters. The van der Waals surface area contributed by atoms with Gasteiger partial charge in [0.05, 0.1) is 35.2 Å². The average Bonchev–Trinajstić information content (AvgIpc) is 3.43. The topological polar surface area (TPSA) is 69.0 Å². The van der Waals surface area contributed by atoms with E-state index in [1.165, 1.54) is 11.1 Å². The highest BCUT2D eigenvalue weighted by Crippen LogP contribution is 2.28. The van der Waals surface area contributed by atoms with Crippen LogP contribution in [0.1, 0.15) is 22.9 Å². The van der Waals surface area contributed by atoms with Gasteiger partial charge in [0, 0.05) is 18.7 Å². The number of halogens is 1. The van der Waals surface area contributed by atoms with Crippen LogP contribution in [0, 0.1) is 12.3 Å². The minimum Gasteiger partial charge on any atom is -0.383 e. The number of nitrogens with zero attached hydrogens (tertiary/aromatic N) is 3. The van der Waals surface area contributed by atoms with Crippen molar-refractivity contribution in [3.8, 4) is 11.3 Å². The van der Waals surface area contributed by atoms with E-state index in [0.29, 0.717) is 35.2 Å². The minimum absolute atomic E-state index is 0.0326. The zero-order valence-electron chi connectivity index (χ0n) is 19.7. The highest BCUT2D eigenvalue weighted by Gasteiger charge is 2.20. The first-order valence-electron chi connectivity index (χ1n) is 11.5. The molecule has 0 amide bonds. The first kappa shape index (κ1) is 23.1. The molecule has 0 saturated carbocycles. The van der Waals surface area contributed by atoms with Crippen molar-refractivity contribution < 1.29 is 9.26 Å². The van der Waals surface area contributed by atoms with E-state index < -0.39 is 0 Å². The number of aromatic nitrogens is 3. The van der Waals surface area contributed by atoms with Gasteiger partial charge in [-0.05, 0) is 37.1 Å². The van der Waals surface area contributed by atoms with Gasteiger partial charge in [0.2, 0.25) is 5.62 Å². The molecule has 0 radical (unpaired) electrons. The lowest BCUT2D eigenvalue weighted by atomic mass is 10.0. The van der Waals surface area contributed by atoms with Crippen LogP contribution >= 0.6 is 11.6 Å². The highest BCUT2D eigenvalue weighted by molar-refractivity contribution is 6.33. The van der Waals surface area contributed by atoms with Gasteiger partial charge in [-0.3, -0.25) is 5.41 Å². The molecule has 7 heteroatoms. The molecule has 0 aliphatic heterocycles. The molecule has 6 nitrogen and oxygen atoms in total. The fourth-order valence-electron chi connectivity index (χ4n) is 4.54. The number of hydrogen-bond donors (Lipinski definition) is 1.